The zero-order valence-corrected chi connectivity index (χ0v) is 10.0. The third kappa shape index (κ3) is 3.87. The van der Waals surface area contributed by atoms with E-state index >= 15 is 0 Å². The van der Waals surface area contributed by atoms with E-state index in [1.165, 1.54) is 18.2 Å². The van der Waals surface area contributed by atoms with Crippen molar-refractivity contribution in [3.8, 4) is 5.75 Å². The van der Waals surface area contributed by atoms with Crippen molar-refractivity contribution in [2.45, 2.75) is 12.8 Å². The van der Waals surface area contributed by atoms with Gasteiger partial charge in [-0.1, -0.05) is 11.6 Å². The Morgan fingerprint density at radius 2 is 2.12 bits per heavy atom. The molecule has 1 aromatic rings. The minimum atomic E-state index is -0.497. The Balaban J connectivity index is 2.57. The fraction of sp³-hybridized carbons (Fsp3) is 0.400. The van der Waals surface area contributed by atoms with Gasteiger partial charge in [-0.25, -0.2) is 0 Å². The fourth-order valence-corrected chi connectivity index (χ4v) is 1.52. The van der Waals surface area contributed by atoms with E-state index in [0.717, 1.165) is 12.8 Å². The van der Waals surface area contributed by atoms with Gasteiger partial charge in [0.15, 0.2) is 0 Å². The minimum Gasteiger partial charge on any atom is -0.492 e. The molecule has 0 amide bonds. The molecular weight excluding hydrogens is 253 g/mol. The Morgan fingerprint density at radius 1 is 1.38 bits per heavy atom. The summed E-state index contributed by atoms with van der Waals surface area (Å²) in [5, 5.41) is 10.7. The zero-order valence-electron chi connectivity index (χ0n) is 8.49. The van der Waals surface area contributed by atoms with Crippen LogP contribution in [0.3, 0.4) is 0 Å². The average molecular weight is 264 g/mol. The normalized spacial score (nSPS) is 10.1. The van der Waals surface area contributed by atoms with Crippen LogP contribution >= 0.6 is 23.2 Å². The number of benzene rings is 1. The van der Waals surface area contributed by atoms with Gasteiger partial charge in [-0.05, 0) is 18.9 Å². The highest BCUT2D eigenvalue weighted by atomic mass is 35.5. The number of halogens is 2. The monoisotopic (exact) mass is 263 g/mol. The number of hydrogen-bond donors (Lipinski definition) is 0. The summed E-state index contributed by atoms with van der Waals surface area (Å²) < 4.78 is 5.36. The lowest BCUT2D eigenvalue weighted by molar-refractivity contribution is -0.384. The van der Waals surface area contributed by atoms with Crippen molar-refractivity contribution in [3.05, 3.63) is 33.3 Å². The molecule has 0 saturated heterocycles. The van der Waals surface area contributed by atoms with Crippen molar-refractivity contribution in [1.29, 1.82) is 0 Å². The third-order valence-electron chi connectivity index (χ3n) is 1.91. The molecule has 1 rings (SSSR count). The molecule has 0 saturated carbocycles. The second-order valence-electron chi connectivity index (χ2n) is 3.12. The lowest BCUT2D eigenvalue weighted by Crippen LogP contribution is -1.98. The number of non-ortho nitro benzene ring substituents is 1. The highest BCUT2D eigenvalue weighted by Crippen LogP contribution is 2.28. The predicted molar refractivity (Wildman–Crippen MR) is 63.6 cm³/mol. The molecule has 4 nitrogen and oxygen atoms in total. The number of nitro benzene ring substituents is 1. The van der Waals surface area contributed by atoms with Crippen LogP contribution in [0.1, 0.15) is 12.8 Å². The molecule has 0 unspecified atom stereocenters. The van der Waals surface area contributed by atoms with Crippen LogP contribution in [0.2, 0.25) is 5.02 Å². The van der Waals surface area contributed by atoms with Crippen LogP contribution in [-0.2, 0) is 0 Å². The molecule has 16 heavy (non-hydrogen) atoms. The van der Waals surface area contributed by atoms with E-state index in [2.05, 4.69) is 0 Å². The topological polar surface area (TPSA) is 52.4 Å². The molecule has 1 aromatic carbocycles. The van der Waals surface area contributed by atoms with Gasteiger partial charge in [-0.15, -0.1) is 11.6 Å². The summed E-state index contributed by atoms with van der Waals surface area (Å²) in [6, 6.07) is 4.14. The lowest BCUT2D eigenvalue weighted by atomic mass is 10.3. The van der Waals surface area contributed by atoms with Gasteiger partial charge in [0, 0.05) is 18.0 Å². The van der Waals surface area contributed by atoms with Gasteiger partial charge in [0.2, 0.25) is 0 Å². The molecule has 0 aliphatic rings. The maximum absolute atomic E-state index is 10.5. The average Bonchev–Trinajstić information content (AvgIpc) is 2.26. The summed E-state index contributed by atoms with van der Waals surface area (Å²) in [7, 11) is 0. The van der Waals surface area contributed by atoms with Gasteiger partial charge in [0.25, 0.3) is 5.69 Å². The number of ether oxygens (including phenoxy) is 1. The molecule has 0 heterocycles. The van der Waals surface area contributed by atoms with Crippen molar-refractivity contribution < 1.29 is 9.66 Å². The van der Waals surface area contributed by atoms with Crippen molar-refractivity contribution in [2.75, 3.05) is 12.5 Å². The van der Waals surface area contributed by atoms with Crippen LogP contribution in [0.25, 0.3) is 0 Å². The molecule has 0 aromatic heterocycles. The molecule has 0 radical (unpaired) electrons. The largest absolute Gasteiger partial charge is 0.492 e. The predicted octanol–water partition coefficient (Wildman–Crippen LogP) is 3.65. The van der Waals surface area contributed by atoms with Gasteiger partial charge in [0.1, 0.15) is 5.75 Å². The maximum atomic E-state index is 10.5. The molecule has 0 fully saturated rings. The molecule has 0 bridgehead atoms. The molecule has 0 aliphatic heterocycles. The Kier molecular flexibility index (Phi) is 5.35. The number of hydrogen-bond acceptors (Lipinski definition) is 3. The van der Waals surface area contributed by atoms with Crippen LogP contribution in [0, 0.1) is 10.1 Å². The highest BCUT2D eigenvalue weighted by Gasteiger charge is 2.09. The number of nitrogens with zero attached hydrogens (tertiary/aromatic N) is 1. The van der Waals surface area contributed by atoms with E-state index in [4.69, 9.17) is 27.9 Å². The molecular formula is C10H11Cl2NO3. The van der Waals surface area contributed by atoms with Gasteiger partial charge in [0.05, 0.1) is 16.6 Å². The minimum absolute atomic E-state index is 0.0434. The number of alkyl halides is 1. The van der Waals surface area contributed by atoms with E-state index in [-0.39, 0.29) is 10.7 Å². The van der Waals surface area contributed by atoms with Crippen LogP contribution in [0.15, 0.2) is 18.2 Å². The maximum Gasteiger partial charge on any atom is 0.271 e. The van der Waals surface area contributed by atoms with Crippen molar-refractivity contribution in [2.24, 2.45) is 0 Å². The van der Waals surface area contributed by atoms with Crippen LogP contribution < -0.4 is 4.74 Å². The van der Waals surface area contributed by atoms with E-state index < -0.39 is 4.92 Å². The van der Waals surface area contributed by atoms with E-state index in [1.54, 1.807) is 0 Å². The van der Waals surface area contributed by atoms with Crippen LogP contribution in [-0.4, -0.2) is 17.4 Å². The van der Waals surface area contributed by atoms with Crippen molar-refractivity contribution in [1.82, 2.24) is 0 Å². The van der Waals surface area contributed by atoms with Crippen LogP contribution in [0.5, 0.6) is 5.75 Å². The fourth-order valence-electron chi connectivity index (χ4n) is 1.10. The summed E-state index contributed by atoms with van der Waals surface area (Å²) >= 11 is 11.3. The van der Waals surface area contributed by atoms with Gasteiger partial charge < -0.3 is 4.74 Å². The van der Waals surface area contributed by atoms with Gasteiger partial charge >= 0.3 is 0 Å². The molecule has 0 N–H and O–H groups in total. The first-order valence-corrected chi connectivity index (χ1v) is 5.69. The molecule has 88 valence electrons. The van der Waals surface area contributed by atoms with Crippen molar-refractivity contribution in [3.63, 3.8) is 0 Å². The highest BCUT2D eigenvalue weighted by molar-refractivity contribution is 6.32. The Labute approximate surface area is 103 Å². The standard InChI is InChI=1S/C10H11Cl2NO3/c11-5-1-2-6-16-10-4-3-8(13(14)15)7-9(10)12/h3-4,7H,1-2,5-6H2. The van der Waals surface area contributed by atoms with Crippen LogP contribution in [0.4, 0.5) is 5.69 Å². The van der Waals surface area contributed by atoms with E-state index in [0.29, 0.717) is 18.2 Å². The third-order valence-corrected chi connectivity index (χ3v) is 2.47. The SMILES string of the molecule is O=[N+]([O-])c1ccc(OCCCCCl)c(Cl)c1. The zero-order chi connectivity index (χ0) is 12.0. The van der Waals surface area contributed by atoms with Crippen molar-refractivity contribution >= 4 is 28.9 Å². The first kappa shape index (κ1) is 13.1. The Morgan fingerprint density at radius 3 is 2.69 bits per heavy atom. The summed E-state index contributed by atoms with van der Waals surface area (Å²) in [4.78, 5) is 9.96. The first-order valence-electron chi connectivity index (χ1n) is 4.78. The number of nitro groups is 1. The Bertz CT molecular complexity index is 371. The number of rotatable bonds is 6. The molecule has 0 aliphatic carbocycles. The summed E-state index contributed by atoms with van der Waals surface area (Å²) in [6.45, 7) is 0.504. The second-order valence-corrected chi connectivity index (χ2v) is 3.90. The summed E-state index contributed by atoms with van der Waals surface area (Å²) in [5.41, 5.74) is -0.0434. The molecule has 0 spiro atoms. The summed E-state index contributed by atoms with van der Waals surface area (Å²) in [5.74, 6) is 1.05. The number of unbranched alkanes of at least 4 members (excludes halogenated alkanes) is 1. The first-order chi connectivity index (χ1) is 7.65. The molecule has 0 atom stereocenters. The molecule has 6 heteroatoms. The van der Waals surface area contributed by atoms with E-state index in [1.807, 2.05) is 0 Å². The summed E-state index contributed by atoms with van der Waals surface area (Å²) in [6.07, 6.45) is 1.70. The quantitative estimate of drug-likeness (QED) is 0.341. The van der Waals surface area contributed by atoms with E-state index in [9.17, 15) is 10.1 Å². The van der Waals surface area contributed by atoms with Gasteiger partial charge in [-0.2, -0.15) is 0 Å². The van der Waals surface area contributed by atoms with Gasteiger partial charge in [-0.3, -0.25) is 10.1 Å². The second kappa shape index (κ2) is 6.55. The lowest BCUT2D eigenvalue weighted by Gasteiger charge is -2.06. The smallest absolute Gasteiger partial charge is 0.271 e. The Hall–Kier alpha value is -1.00.